The van der Waals surface area contributed by atoms with Crippen molar-refractivity contribution in [3.8, 4) is 0 Å². The van der Waals surface area contributed by atoms with Crippen LogP contribution in [0.25, 0.3) is 0 Å². The average molecular weight is 573 g/mol. The number of rotatable bonds is 11. The van der Waals surface area contributed by atoms with Crippen molar-refractivity contribution < 1.29 is 19.0 Å². The Hall–Kier alpha value is -3.70. The number of carbonyl (C=O) groups excluding carboxylic acids is 1. The molecule has 42 heavy (non-hydrogen) atoms. The molecule has 0 saturated carbocycles. The molecule has 222 valence electrons. The highest BCUT2D eigenvalue weighted by Gasteiger charge is 2.56. The SMILES string of the molecule is CCNC(=O)[C@H]1O[C@@H](CC=Nc2c(C)nc(CN)nc2NCC(c2ccccc2)c2ccccc2)[C@@H]2OC(C)(C)O[C@@H]21. The van der Waals surface area contributed by atoms with Crippen LogP contribution in [0.3, 0.4) is 0 Å². The van der Waals surface area contributed by atoms with E-state index >= 15 is 0 Å². The molecule has 2 aliphatic heterocycles. The molecule has 3 aromatic rings. The summed E-state index contributed by atoms with van der Waals surface area (Å²) in [5, 5.41) is 6.37. The minimum absolute atomic E-state index is 0.0960. The molecule has 3 heterocycles. The molecule has 0 spiro atoms. The fourth-order valence-electron chi connectivity index (χ4n) is 5.60. The van der Waals surface area contributed by atoms with E-state index in [1.807, 2.05) is 39.8 Å². The lowest BCUT2D eigenvalue weighted by Gasteiger charge is -2.23. The molecular weight excluding hydrogens is 532 g/mol. The van der Waals surface area contributed by atoms with Crippen molar-refractivity contribution in [2.45, 2.75) is 76.8 Å². The lowest BCUT2D eigenvalue weighted by Crippen LogP contribution is -2.42. The molecule has 2 saturated heterocycles. The molecule has 1 aromatic heterocycles. The Kier molecular flexibility index (Phi) is 9.27. The second kappa shape index (κ2) is 13.1. The van der Waals surface area contributed by atoms with Gasteiger partial charge in [-0.3, -0.25) is 9.79 Å². The summed E-state index contributed by atoms with van der Waals surface area (Å²) in [6.45, 7) is 8.79. The number of nitrogens with two attached hydrogens (primary N) is 1. The number of likely N-dealkylation sites (N-methyl/N-ethyl adjacent to an activating group) is 1. The van der Waals surface area contributed by atoms with Gasteiger partial charge >= 0.3 is 0 Å². The van der Waals surface area contributed by atoms with Gasteiger partial charge in [0.05, 0.1) is 18.3 Å². The van der Waals surface area contributed by atoms with Gasteiger partial charge in [-0.25, -0.2) is 9.97 Å². The molecule has 0 aliphatic carbocycles. The Bertz CT molecular complexity index is 1350. The van der Waals surface area contributed by atoms with E-state index in [-0.39, 0.29) is 24.5 Å². The van der Waals surface area contributed by atoms with Crippen molar-refractivity contribution in [3.05, 3.63) is 83.3 Å². The maximum atomic E-state index is 12.7. The highest BCUT2D eigenvalue weighted by Crippen LogP contribution is 2.40. The molecule has 0 radical (unpaired) electrons. The maximum absolute atomic E-state index is 12.7. The van der Waals surface area contributed by atoms with Crippen LogP contribution in [-0.4, -0.2) is 65.4 Å². The number of amides is 1. The Labute approximate surface area is 247 Å². The first-order valence-electron chi connectivity index (χ1n) is 14.5. The van der Waals surface area contributed by atoms with Gasteiger partial charge in [-0.15, -0.1) is 0 Å². The summed E-state index contributed by atoms with van der Waals surface area (Å²) < 4.78 is 18.3. The number of ether oxygens (including phenoxy) is 3. The van der Waals surface area contributed by atoms with Crippen LogP contribution in [0.4, 0.5) is 11.5 Å². The number of aliphatic imine (C=N–C) groups is 1. The van der Waals surface area contributed by atoms with Gasteiger partial charge in [0.1, 0.15) is 23.7 Å². The first-order chi connectivity index (χ1) is 20.3. The zero-order valence-corrected chi connectivity index (χ0v) is 24.6. The van der Waals surface area contributed by atoms with E-state index in [1.54, 1.807) is 6.21 Å². The Morgan fingerprint density at radius 1 is 1.05 bits per heavy atom. The number of aromatic nitrogens is 2. The van der Waals surface area contributed by atoms with E-state index in [0.717, 1.165) is 0 Å². The molecule has 10 heteroatoms. The molecule has 2 aromatic carbocycles. The van der Waals surface area contributed by atoms with Crippen LogP contribution in [-0.2, 0) is 25.5 Å². The summed E-state index contributed by atoms with van der Waals surface area (Å²) in [5.41, 5.74) is 9.66. The average Bonchev–Trinajstić information content (AvgIpc) is 3.48. The summed E-state index contributed by atoms with van der Waals surface area (Å²) in [7, 11) is 0. The summed E-state index contributed by atoms with van der Waals surface area (Å²) in [6, 6.07) is 20.8. The number of hydrogen-bond donors (Lipinski definition) is 3. The number of nitrogens with zero attached hydrogens (tertiary/aromatic N) is 3. The van der Waals surface area contributed by atoms with Crippen molar-refractivity contribution in [1.29, 1.82) is 0 Å². The zero-order chi connectivity index (χ0) is 29.7. The summed E-state index contributed by atoms with van der Waals surface area (Å²) in [4.78, 5) is 26.7. The van der Waals surface area contributed by atoms with Gasteiger partial charge in [0, 0.05) is 31.6 Å². The van der Waals surface area contributed by atoms with E-state index in [1.165, 1.54) is 11.1 Å². The van der Waals surface area contributed by atoms with E-state index in [9.17, 15) is 4.79 Å². The molecule has 0 unspecified atom stereocenters. The summed E-state index contributed by atoms with van der Waals surface area (Å²) in [6.07, 6.45) is 0.199. The van der Waals surface area contributed by atoms with Crippen molar-refractivity contribution in [3.63, 3.8) is 0 Å². The number of fused-ring (bicyclic) bond motifs is 1. The lowest BCUT2D eigenvalue weighted by atomic mass is 9.91. The van der Waals surface area contributed by atoms with Crippen molar-refractivity contribution in [1.82, 2.24) is 15.3 Å². The van der Waals surface area contributed by atoms with Crippen LogP contribution in [0.5, 0.6) is 0 Å². The van der Waals surface area contributed by atoms with E-state index < -0.39 is 24.1 Å². The van der Waals surface area contributed by atoms with Crippen LogP contribution >= 0.6 is 0 Å². The van der Waals surface area contributed by atoms with Gasteiger partial charge in [0.15, 0.2) is 17.7 Å². The molecule has 2 fully saturated rings. The standard InChI is InChI=1S/C32H40N6O4/c1-5-34-31(39)29-28-27(41-32(3,4)42-28)24(40-29)16-17-35-26-20(2)37-25(18-33)38-30(26)36-19-23(21-12-8-6-9-13-21)22-14-10-7-11-15-22/h6-15,17,23-24,27-29H,5,16,18-19,33H2,1-4H3,(H,34,39)(H,36,37,38)/t24-,27-,28-,29-/m0/s1. The third-order valence-electron chi connectivity index (χ3n) is 7.48. The normalized spacial score (nSPS) is 22.9. The molecule has 1 amide bonds. The molecule has 0 bridgehead atoms. The number of nitrogens with one attached hydrogen (secondary N) is 2. The maximum Gasteiger partial charge on any atom is 0.251 e. The quantitative estimate of drug-likeness (QED) is 0.294. The third-order valence-corrected chi connectivity index (χ3v) is 7.48. The Morgan fingerprint density at radius 3 is 2.31 bits per heavy atom. The Morgan fingerprint density at radius 2 is 1.69 bits per heavy atom. The minimum Gasteiger partial charge on any atom is -0.367 e. The number of anilines is 1. The predicted octanol–water partition coefficient (Wildman–Crippen LogP) is 4.00. The first kappa shape index (κ1) is 29.8. The van der Waals surface area contributed by atoms with Gasteiger partial charge in [-0.05, 0) is 38.8 Å². The van der Waals surface area contributed by atoms with Crippen LogP contribution in [0.15, 0.2) is 65.7 Å². The van der Waals surface area contributed by atoms with Crippen LogP contribution in [0.1, 0.15) is 55.8 Å². The fraction of sp³-hybridized carbons (Fsp3) is 0.438. The van der Waals surface area contributed by atoms with Gasteiger partial charge in [0.2, 0.25) is 0 Å². The number of benzene rings is 2. The predicted molar refractivity (Wildman–Crippen MR) is 162 cm³/mol. The Balaban J connectivity index is 1.36. The molecule has 2 aliphatic rings. The molecule has 4 N–H and O–H groups in total. The van der Waals surface area contributed by atoms with Crippen LogP contribution in [0, 0.1) is 6.92 Å². The fourth-order valence-corrected chi connectivity index (χ4v) is 5.60. The summed E-state index contributed by atoms with van der Waals surface area (Å²) >= 11 is 0. The van der Waals surface area contributed by atoms with Crippen LogP contribution in [0.2, 0.25) is 0 Å². The summed E-state index contributed by atoms with van der Waals surface area (Å²) in [5.74, 6) is 0.247. The third kappa shape index (κ3) is 6.68. The van der Waals surface area contributed by atoms with Crippen molar-refractivity contribution in [2.24, 2.45) is 10.7 Å². The topological polar surface area (TPSA) is 133 Å². The number of hydrogen-bond acceptors (Lipinski definition) is 9. The van der Waals surface area contributed by atoms with Gasteiger partial charge < -0.3 is 30.6 Å². The highest BCUT2D eigenvalue weighted by molar-refractivity contribution is 5.82. The monoisotopic (exact) mass is 572 g/mol. The van der Waals surface area contributed by atoms with E-state index in [2.05, 4.69) is 64.1 Å². The van der Waals surface area contributed by atoms with E-state index in [4.69, 9.17) is 29.9 Å². The van der Waals surface area contributed by atoms with E-state index in [0.29, 0.717) is 42.5 Å². The lowest BCUT2D eigenvalue weighted by molar-refractivity contribution is -0.188. The second-order valence-electron chi connectivity index (χ2n) is 11.0. The second-order valence-corrected chi connectivity index (χ2v) is 11.0. The zero-order valence-electron chi connectivity index (χ0n) is 24.6. The van der Waals surface area contributed by atoms with Crippen molar-refractivity contribution >= 4 is 23.6 Å². The molecule has 5 rings (SSSR count). The largest absolute Gasteiger partial charge is 0.367 e. The van der Waals surface area contributed by atoms with Crippen LogP contribution < -0.4 is 16.4 Å². The first-order valence-corrected chi connectivity index (χ1v) is 14.5. The number of carbonyl (C=O) groups is 1. The van der Waals surface area contributed by atoms with Gasteiger partial charge in [0.25, 0.3) is 5.91 Å². The smallest absolute Gasteiger partial charge is 0.251 e. The molecule has 10 nitrogen and oxygen atoms in total. The van der Waals surface area contributed by atoms with Gasteiger partial charge in [-0.1, -0.05) is 60.7 Å². The highest BCUT2D eigenvalue weighted by atomic mass is 16.8. The number of aryl methyl sites for hydroxylation is 1. The molecule has 4 atom stereocenters. The molecular formula is C32H40N6O4. The van der Waals surface area contributed by atoms with Gasteiger partial charge in [-0.2, -0.15) is 0 Å². The minimum atomic E-state index is -0.799. The van der Waals surface area contributed by atoms with Crippen molar-refractivity contribution in [2.75, 3.05) is 18.4 Å².